The lowest BCUT2D eigenvalue weighted by atomic mass is 10.0. The number of unbranched alkanes of at least 4 members (excludes halogenated alkanes) is 31. The fraction of sp³-hybridized carbons (Fsp3) is 0.712. The molecule has 0 aliphatic carbocycles. The highest BCUT2D eigenvalue weighted by molar-refractivity contribution is 5.71. The van der Waals surface area contributed by atoms with E-state index < -0.39 is 6.10 Å². The Hall–Kier alpha value is -3.93. The van der Waals surface area contributed by atoms with Crippen molar-refractivity contribution in [3.63, 3.8) is 0 Å². The maximum Gasteiger partial charge on any atom is 0.306 e. The normalized spacial score (nSPS) is 12.8. The van der Waals surface area contributed by atoms with E-state index in [0.717, 1.165) is 103 Å². The summed E-state index contributed by atoms with van der Waals surface area (Å²) < 4.78 is 16.9. The number of hydrogen-bond donors (Lipinski definition) is 0. The van der Waals surface area contributed by atoms with Gasteiger partial charge in [-0.1, -0.05) is 278 Å². The molecule has 0 bridgehead atoms. The second-order valence-corrected chi connectivity index (χ2v) is 22.0. The summed E-state index contributed by atoms with van der Waals surface area (Å²) in [6, 6.07) is 0. The molecule has 0 heterocycles. The predicted molar refractivity (Wildman–Crippen MR) is 343 cm³/mol. The van der Waals surface area contributed by atoms with Crippen LogP contribution in [0.2, 0.25) is 0 Å². The molecular weight excluding hydrogens is 973 g/mol. The third-order valence-electron chi connectivity index (χ3n) is 14.2. The molecule has 0 rings (SSSR count). The summed E-state index contributed by atoms with van der Waals surface area (Å²) in [6.45, 7) is 6.49. The molecule has 0 aromatic carbocycles. The predicted octanol–water partition coefficient (Wildman–Crippen LogP) is 23.0. The summed E-state index contributed by atoms with van der Waals surface area (Å²) in [7, 11) is 0. The van der Waals surface area contributed by atoms with Gasteiger partial charge in [0.2, 0.25) is 0 Å². The topological polar surface area (TPSA) is 78.9 Å². The second-order valence-electron chi connectivity index (χ2n) is 22.0. The van der Waals surface area contributed by atoms with Gasteiger partial charge >= 0.3 is 17.9 Å². The monoisotopic (exact) mass is 1100 g/mol. The maximum absolute atomic E-state index is 12.9. The van der Waals surface area contributed by atoms with Crippen molar-refractivity contribution in [1.29, 1.82) is 0 Å². The van der Waals surface area contributed by atoms with Crippen molar-refractivity contribution >= 4 is 17.9 Å². The quantitative estimate of drug-likeness (QED) is 0.0261. The standard InChI is InChI=1S/C73H124O6/c1-4-7-10-13-16-19-22-25-28-30-32-34-35-36-37-39-40-42-45-48-51-54-57-60-63-66-72(75)78-69-70(68-77-71(74)65-62-59-56-53-50-47-44-27-24-21-18-15-12-9-6-3)79-73(76)67-64-61-58-55-52-49-46-43-41-38-33-31-29-26-23-20-17-14-11-8-5-2/h8,11,17,20,22,25-27,29-30,32-33,38,43-44,46,52,55,70H,4-7,9-10,12-16,18-19,21,23-24,28,31,34-37,39-42,45,47-51,53-54,56-69H2,1-3H3/b11-8-,20-17-,25-22-,29-26-,32-30-,38-33-,44-27-,46-43-,55-52-. The van der Waals surface area contributed by atoms with Gasteiger partial charge in [-0.15, -0.1) is 0 Å². The lowest BCUT2D eigenvalue weighted by Crippen LogP contribution is -2.30. The largest absolute Gasteiger partial charge is 0.462 e. The van der Waals surface area contributed by atoms with Crippen molar-refractivity contribution in [2.45, 2.75) is 322 Å². The van der Waals surface area contributed by atoms with E-state index in [0.29, 0.717) is 19.3 Å². The van der Waals surface area contributed by atoms with Crippen LogP contribution in [0.5, 0.6) is 0 Å². The third kappa shape index (κ3) is 64.8. The number of rotatable bonds is 60. The van der Waals surface area contributed by atoms with Gasteiger partial charge in [0, 0.05) is 19.3 Å². The highest BCUT2D eigenvalue weighted by Gasteiger charge is 2.19. The zero-order valence-electron chi connectivity index (χ0n) is 51.9. The maximum atomic E-state index is 12.9. The van der Waals surface area contributed by atoms with Crippen molar-refractivity contribution < 1.29 is 28.6 Å². The van der Waals surface area contributed by atoms with Gasteiger partial charge in [-0.05, 0) is 128 Å². The fourth-order valence-corrected chi connectivity index (χ4v) is 9.24. The molecule has 0 spiro atoms. The molecule has 452 valence electrons. The van der Waals surface area contributed by atoms with Crippen LogP contribution in [0.25, 0.3) is 0 Å². The van der Waals surface area contributed by atoms with Gasteiger partial charge in [0.15, 0.2) is 6.10 Å². The first-order chi connectivity index (χ1) is 39.0. The molecule has 0 amide bonds. The molecule has 6 heteroatoms. The molecule has 1 atom stereocenters. The first-order valence-corrected chi connectivity index (χ1v) is 33.4. The van der Waals surface area contributed by atoms with Crippen molar-refractivity contribution in [1.82, 2.24) is 0 Å². The van der Waals surface area contributed by atoms with E-state index in [2.05, 4.69) is 130 Å². The molecule has 0 aromatic heterocycles. The van der Waals surface area contributed by atoms with Gasteiger partial charge in [0.1, 0.15) is 13.2 Å². The number of carbonyl (C=O) groups excluding carboxylic acids is 3. The molecule has 0 aromatic rings. The van der Waals surface area contributed by atoms with Crippen LogP contribution in [0, 0.1) is 0 Å². The van der Waals surface area contributed by atoms with E-state index in [9.17, 15) is 14.4 Å². The minimum atomic E-state index is -0.808. The third-order valence-corrected chi connectivity index (χ3v) is 14.2. The van der Waals surface area contributed by atoms with Gasteiger partial charge in [-0.3, -0.25) is 14.4 Å². The van der Waals surface area contributed by atoms with Gasteiger partial charge in [-0.25, -0.2) is 0 Å². The summed E-state index contributed by atoms with van der Waals surface area (Å²) in [4.78, 5) is 38.4. The highest BCUT2D eigenvalue weighted by Crippen LogP contribution is 2.16. The molecule has 79 heavy (non-hydrogen) atoms. The average Bonchev–Trinajstić information content (AvgIpc) is 3.45. The van der Waals surface area contributed by atoms with Crippen LogP contribution in [0.15, 0.2) is 109 Å². The van der Waals surface area contributed by atoms with E-state index >= 15 is 0 Å². The van der Waals surface area contributed by atoms with Gasteiger partial charge in [0.25, 0.3) is 0 Å². The number of carbonyl (C=O) groups is 3. The Kier molecular flexibility index (Phi) is 63.3. The van der Waals surface area contributed by atoms with Crippen LogP contribution in [-0.4, -0.2) is 37.2 Å². The van der Waals surface area contributed by atoms with Gasteiger partial charge < -0.3 is 14.2 Å². The van der Waals surface area contributed by atoms with Crippen LogP contribution < -0.4 is 0 Å². The molecular formula is C73H124O6. The smallest absolute Gasteiger partial charge is 0.306 e. The van der Waals surface area contributed by atoms with Crippen LogP contribution in [0.4, 0.5) is 0 Å². The Bertz CT molecular complexity index is 1590. The molecule has 0 saturated heterocycles. The minimum Gasteiger partial charge on any atom is -0.462 e. The lowest BCUT2D eigenvalue weighted by molar-refractivity contribution is -0.167. The van der Waals surface area contributed by atoms with Crippen molar-refractivity contribution in [2.24, 2.45) is 0 Å². The van der Waals surface area contributed by atoms with Crippen LogP contribution in [-0.2, 0) is 28.6 Å². The average molecular weight is 1100 g/mol. The van der Waals surface area contributed by atoms with Gasteiger partial charge in [-0.2, -0.15) is 0 Å². The first kappa shape index (κ1) is 75.1. The van der Waals surface area contributed by atoms with E-state index in [1.54, 1.807) is 0 Å². The summed E-state index contributed by atoms with van der Waals surface area (Å²) in [5, 5.41) is 0. The Morgan fingerprint density at radius 1 is 0.266 bits per heavy atom. The van der Waals surface area contributed by atoms with Crippen LogP contribution in [0.3, 0.4) is 0 Å². The first-order valence-electron chi connectivity index (χ1n) is 33.4. The molecule has 0 radical (unpaired) electrons. The zero-order valence-corrected chi connectivity index (χ0v) is 51.9. The summed E-state index contributed by atoms with van der Waals surface area (Å²) in [5.41, 5.74) is 0. The van der Waals surface area contributed by atoms with Crippen LogP contribution >= 0.6 is 0 Å². The van der Waals surface area contributed by atoms with E-state index in [1.807, 2.05) is 0 Å². The highest BCUT2D eigenvalue weighted by atomic mass is 16.6. The zero-order chi connectivity index (χ0) is 57.1. The molecule has 0 N–H and O–H groups in total. The van der Waals surface area contributed by atoms with E-state index in [1.165, 1.54) is 167 Å². The van der Waals surface area contributed by atoms with Crippen LogP contribution in [0.1, 0.15) is 316 Å². The molecule has 0 aliphatic heterocycles. The number of ether oxygens (including phenoxy) is 3. The fourth-order valence-electron chi connectivity index (χ4n) is 9.24. The SMILES string of the molecule is CC/C=C\C/C=C\C/C=C\C/C=C\C/C=C\C/C=C\CCCCC(=O)OC(COC(=O)CCCCCCC/C=C\CCCCCCCC)COC(=O)CCCCCCCCCCCCCCC/C=C\C/C=C\CCCCCCC. The van der Waals surface area contributed by atoms with Crippen molar-refractivity contribution in [3.05, 3.63) is 109 Å². The molecule has 0 fully saturated rings. The minimum absolute atomic E-state index is 0.0986. The lowest BCUT2D eigenvalue weighted by Gasteiger charge is -2.18. The molecule has 1 unspecified atom stereocenters. The van der Waals surface area contributed by atoms with Crippen molar-refractivity contribution in [2.75, 3.05) is 13.2 Å². The summed E-state index contributed by atoms with van der Waals surface area (Å²) in [6.07, 6.45) is 91.0. The number of esters is 3. The summed E-state index contributed by atoms with van der Waals surface area (Å²) >= 11 is 0. The Morgan fingerprint density at radius 2 is 0.494 bits per heavy atom. The number of hydrogen-bond acceptors (Lipinski definition) is 6. The second kappa shape index (κ2) is 66.6. The number of allylic oxidation sites excluding steroid dienone is 18. The van der Waals surface area contributed by atoms with Gasteiger partial charge in [0.05, 0.1) is 0 Å². The van der Waals surface area contributed by atoms with Crippen molar-refractivity contribution in [3.8, 4) is 0 Å². The van der Waals surface area contributed by atoms with E-state index in [4.69, 9.17) is 14.2 Å². The Balaban J connectivity index is 4.41. The van der Waals surface area contributed by atoms with E-state index in [-0.39, 0.29) is 37.5 Å². The molecule has 0 aliphatic rings. The molecule has 6 nitrogen and oxygen atoms in total. The Labute approximate surface area is 489 Å². The molecule has 0 saturated carbocycles. The summed E-state index contributed by atoms with van der Waals surface area (Å²) in [5.74, 6) is -0.943. The Morgan fingerprint density at radius 3 is 0.810 bits per heavy atom.